The zero-order valence-corrected chi connectivity index (χ0v) is 12.9. The Balaban J connectivity index is 2.34. The monoisotopic (exact) mass is 324 g/mol. The van der Waals surface area contributed by atoms with Crippen molar-refractivity contribution in [1.29, 1.82) is 0 Å². The van der Waals surface area contributed by atoms with Crippen LogP contribution in [0, 0.1) is 11.8 Å². The minimum Gasteiger partial charge on any atom is -0.475 e. The second kappa shape index (κ2) is 6.55. The minimum absolute atomic E-state index is 0.0348. The molecule has 2 rings (SSSR count). The molecule has 2 aliphatic rings. The second-order valence-electron chi connectivity index (χ2n) is 5.63. The van der Waals surface area contributed by atoms with Crippen molar-refractivity contribution in [3.05, 3.63) is 35.6 Å². The van der Waals surface area contributed by atoms with Crippen molar-refractivity contribution in [3.8, 4) is 0 Å². The average molecular weight is 324 g/mol. The van der Waals surface area contributed by atoms with Crippen molar-refractivity contribution < 1.29 is 34.4 Å². The van der Waals surface area contributed by atoms with Gasteiger partial charge in [0.05, 0.1) is 12.7 Å². The lowest BCUT2D eigenvalue weighted by Crippen LogP contribution is -2.47. The van der Waals surface area contributed by atoms with Gasteiger partial charge in [-0.15, -0.1) is 0 Å². The van der Waals surface area contributed by atoms with Gasteiger partial charge in [-0.2, -0.15) is 0 Å². The number of aliphatic carboxylic acids is 1. The van der Waals surface area contributed by atoms with Crippen molar-refractivity contribution in [3.63, 3.8) is 0 Å². The third-order valence-corrected chi connectivity index (χ3v) is 3.84. The van der Waals surface area contributed by atoms with Crippen LogP contribution in [0.4, 0.5) is 0 Å². The van der Waals surface area contributed by atoms with Gasteiger partial charge in [-0.3, -0.25) is 0 Å². The molecule has 23 heavy (non-hydrogen) atoms. The van der Waals surface area contributed by atoms with E-state index in [1.165, 1.54) is 6.08 Å². The summed E-state index contributed by atoms with van der Waals surface area (Å²) in [6.07, 6.45) is 5.58. The van der Waals surface area contributed by atoms with Gasteiger partial charge in [0.2, 0.25) is 5.76 Å². The van der Waals surface area contributed by atoms with Gasteiger partial charge in [-0.1, -0.05) is 25.2 Å². The smallest absolute Gasteiger partial charge is 0.379 e. The zero-order chi connectivity index (χ0) is 17.2. The highest BCUT2D eigenvalue weighted by molar-refractivity contribution is 5.86. The van der Waals surface area contributed by atoms with Gasteiger partial charge in [0.15, 0.2) is 0 Å². The molecule has 7 nitrogen and oxygen atoms in total. The van der Waals surface area contributed by atoms with Gasteiger partial charge in [0, 0.05) is 18.3 Å². The van der Waals surface area contributed by atoms with Crippen molar-refractivity contribution in [2.45, 2.75) is 32.2 Å². The van der Waals surface area contributed by atoms with Crippen LogP contribution in [-0.2, 0) is 19.1 Å². The van der Waals surface area contributed by atoms with Gasteiger partial charge >= 0.3 is 17.7 Å². The van der Waals surface area contributed by atoms with Gasteiger partial charge in [0.1, 0.15) is 0 Å². The van der Waals surface area contributed by atoms with E-state index in [-0.39, 0.29) is 18.9 Å². The van der Waals surface area contributed by atoms with Crippen molar-refractivity contribution in [1.82, 2.24) is 0 Å². The van der Waals surface area contributed by atoms with E-state index >= 15 is 0 Å². The molecule has 1 heterocycles. The number of ether oxygens (including phenoxy) is 2. The SMILES string of the molecule is CCOC(=O)[C@@]1(O)CC(C2=CC(C)C(O)C=C2)C=C(C(=O)O)O1. The maximum atomic E-state index is 11.9. The summed E-state index contributed by atoms with van der Waals surface area (Å²) in [5, 5.41) is 29.3. The van der Waals surface area contributed by atoms with Crippen molar-refractivity contribution >= 4 is 11.9 Å². The van der Waals surface area contributed by atoms with Crippen LogP contribution in [-0.4, -0.2) is 45.8 Å². The summed E-state index contributed by atoms with van der Waals surface area (Å²) >= 11 is 0. The van der Waals surface area contributed by atoms with E-state index in [9.17, 15) is 19.8 Å². The number of carboxylic acids is 1. The standard InChI is InChI=1S/C16H20O7/c1-3-22-15(20)16(21)8-11(7-13(23-16)14(18)19)10-4-5-12(17)9(2)6-10/h4-7,9,11-12,17,21H,3,8H2,1-2H3,(H,18,19)/t9?,11?,12?,16-/m1/s1. The Morgan fingerprint density at radius 1 is 1.43 bits per heavy atom. The lowest BCUT2D eigenvalue weighted by atomic mass is 9.83. The molecule has 0 aromatic carbocycles. The van der Waals surface area contributed by atoms with E-state index < -0.39 is 35.5 Å². The maximum Gasteiger partial charge on any atom is 0.379 e. The van der Waals surface area contributed by atoms with Crippen LogP contribution in [0.5, 0.6) is 0 Å². The Morgan fingerprint density at radius 2 is 2.13 bits per heavy atom. The van der Waals surface area contributed by atoms with Gasteiger partial charge in [0.25, 0.3) is 0 Å². The van der Waals surface area contributed by atoms with E-state index in [2.05, 4.69) is 0 Å². The number of allylic oxidation sites excluding steroid dienone is 3. The number of esters is 1. The van der Waals surface area contributed by atoms with Crippen LogP contribution in [0.15, 0.2) is 35.6 Å². The Bertz CT molecular complexity index is 589. The first kappa shape index (κ1) is 17.2. The lowest BCUT2D eigenvalue weighted by molar-refractivity contribution is -0.224. The number of carbonyl (C=O) groups excluding carboxylic acids is 1. The third-order valence-electron chi connectivity index (χ3n) is 3.84. The van der Waals surface area contributed by atoms with E-state index in [4.69, 9.17) is 14.6 Å². The molecule has 0 aromatic rings. The van der Waals surface area contributed by atoms with Crippen LogP contribution in [0.1, 0.15) is 20.3 Å². The summed E-state index contributed by atoms with van der Waals surface area (Å²) in [4.78, 5) is 23.2. The summed E-state index contributed by atoms with van der Waals surface area (Å²) in [7, 11) is 0. The van der Waals surface area contributed by atoms with Crippen LogP contribution in [0.25, 0.3) is 0 Å². The third kappa shape index (κ3) is 3.62. The first-order chi connectivity index (χ1) is 10.8. The quantitative estimate of drug-likeness (QED) is 0.653. The summed E-state index contributed by atoms with van der Waals surface area (Å²) < 4.78 is 9.74. The number of aliphatic hydroxyl groups excluding tert-OH is 1. The highest BCUT2D eigenvalue weighted by Crippen LogP contribution is 2.36. The average Bonchev–Trinajstić information content (AvgIpc) is 2.49. The molecule has 3 unspecified atom stereocenters. The van der Waals surface area contributed by atoms with Crippen molar-refractivity contribution in [2.24, 2.45) is 11.8 Å². The number of carbonyl (C=O) groups is 2. The lowest BCUT2D eigenvalue weighted by Gasteiger charge is -2.34. The maximum absolute atomic E-state index is 11.9. The van der Waals surface area contributed by atoms with Gasteiger partial charge < -0.3 is 24.8 Å². The van der Waals surface area contributed by atoms with E-state index in [1.54, 1.807) is 25.2 Å². The molecular formula is C16H20O7. The molecule has 0 saturated heterocycles. The van der Waals surface area contributed by atoms with Crippen molar-refractivity contribution in [2.75, 3.05) is 6.61 Å². The molecule has 0 fully saturated rings. The fourth-order valence-electron chi connectivity index (χ4n) is 2.59. The van der Waals surface area contributed by atoms with Gasteiger partial charge in [-0.05, 0) is 18.6 Å². The van der Waals surface area contributed by atoms with E-state index in [1.807, 2.05) is 6.92 Å². The molecule has 4 atom stereocenters. The first-order valence-corrected chi connectivity index (χ1v) is 7.38. The number of carboxylic acid groups (broad SMARTS) is 1. The summed E-state index contributed by atoms with van der Waals surface area (Å²) in [5.41, 5.74) is 0.701. The molecule has 0 spiro atoms. The predicted molar refractivity (Wildman–Crippen MR) is 78.9 cm³/mol. The molecule has 1 aliphatic carbocycles. The van der Waals surface area contributed by atoms with Crippen LogP contribution in [0.3, 0.4) is 0 Å². The molecule has 0 aromatic heterocycles. The van der Waals surface area contributed by atoms with E-state index in [0.29, 0.717) is 5.57 Å². The van der Waals surface area contributed by atoms with Crippen LogP contribution < -0.4 is 0 Å². The molecule has 0 saturated carbocycles. The normalized spacial score (nSPS) is 33.3. The number of hydrogen-bond acceptors (Lipinski definition) is 6. The molecule has 1 aliphatic heterocycles. The summed E-state index contributed by atoms with van der Waals surface area (Å²) in [6, 6.07) is 0. The Hall–Kier alpha value is -2.12. The minimum atomic E-state index is -2.35. The first-order valence-electron chi connectivity index (χ1n) is 7.38. The fourth-order valence-corrected chi connectivity index (χ4v) is 2.59. The van der Waals surface area contributed by atoms with Crippen LogP contribution >= 0.6 is 0 Å². The number of hydrogen-bond donors (Lipinski definition) is 3. The largest absolute Gasteiger partial charge is 0.475 e. The van der Waals surface area contributed by atoms with E-state index in [0.717, 1.165) is 0 Å². The predicted octanol–water partition coefficient (Wildman–Crippen LogP) is 0.736. The highest BCUT2D eigenvalue weighted by Gasteiger charge is 2.47. The Morgan fingerprint density at radius 3 is 2.70 bits per heavy atom. The fraction of sp³-hybridized carbons (Fsp3) is 0.500. The molecule has 7 heteroatoms. The number of rotatable bonds is 4. The van der Waals surface area contributed by atoms with Gasteiger partial charge in [-0.25, -0.2) is 9.59 Å². The molecule has 0 amide bonds. The Labute approximate surface area is 133 Å². The number of aliphatic hydroxyl groups is 2. The molecule has 126 valence electrons. The second-order valence-corrected chi connectivity index (χ2v) is 5.63. The molecular weight excluding hydrogens is 304 g/mol. The summed E-state index contributed by atoms with van der Waals surface area (Å²) in [6.45, 7) is 3.42. The molecule has 3 N–H and O–H groups in total. The summed E-state index contributed by atoms with van der Waals surface area (Å²) in [5.74, 6) is -5.97. The topological polar surface area (TPSA) is 113 Å². The Kier molecular flexibility index (Phi) is 4.91. The van der Waals surface area contributed by atoms with Crippen LogP contribution in [0.2, 0.25) is 0 Å². The molecule has 0 bridgehead atoms. The zero-order valence-electron chi connectivity index (χ0n) is 12.9. The highest BCUT2D eigenvalue weighted by atomic mass is 16.7. The molecule has 0 radical (unpaired) electrons.